The van der Waals surface area contributed by atoms with Crippen molar-refractivity contribution in [2.24, 2.45) is 7.05 Å². The van der Waals surface area contributed by atoms with Gasteiger partial charge in [0.05, 0.1) is 23.3 Å². The number of aryl methyl sites for hydroxylation is 1. The van der Waals surface area contributed by atoms with E-state index in [0.717, 1.165) is 5.52 Å². The van der Waals surface area contributed by atoms with Gasteiger partial charge in [-0.05, 0) is 29.8 Å². The maximum absolute atomic E-state index is 14.9. The van der Waals surface area contributed by atoms with Crippen LogP contribution >= 0.6 is 23.2 Å². The number of fused-ring (bicyclic) bond motifs is 1. The number of amides is 1. The largest absolute Gasteiger partial charge is 0.396 e. The van der Waals surface area contributed by atoms with Gasteiger partial charge in [-0.1, -0.05) is 42.3 Å². The van der Waals surface area contributed by atoms with E-state index in [4.69, 9.17) is 27.9 Å². The fourth-order valence-corrected chi connectivity index (χ4v) is 4.16. The first kappa shape index (κ1) is 21.1. The molecule has 158 valence electrons. The van der Waals surface area contributed by atoms with Crippen LogP contribution < -0.4 is 5.32 Å². The van der Waals surface area contributed by atoms with Crippen LogP contribution in [-0.2, 0) is 17.3 Å². The summed E-state index contributed by atoms with van der Waals surface area (Å²) in [6.45, 7) is 2.08. The molecule has 2 N–H and O–H groups in total. The second kappa shape index (κ2) is 7.85. The summed E-state index contributed by atoms with van der Waals surface area (Å²) in [5.41, 5.74) is 1.24. The average Bonchev–Trinajstić information content (AvgIpc) is 3.04. The maximum atomic E-state index is 14.9. The summed E-state index contributed by atoms with van der Waals surface area (Å²) < 4.78 is 22.0. The van der Waals surface area contributed by atoms with Crippen molar-refractivity contribution >= 4 is 40.0 Å². The lowest BCUT2D eigenvalue weighted by atomic mass is 9.85. The van der Waals surface area contributed by atoms with E-state index < -0.39 is 11.4 Å². The molecule has 4 rings (SSSR count). The Morgan fingerprint density at radius 3 is 2.63 bits per heavy atom. The summed E-state index contributed by atoms with van der Waals surface area (Å²) in [5.74, 6) is -0.983. The van der Waals surface area contributed by atoms with Gasteiger partial charge in [0.25, 0.3) is 5.91 Å². The van der Waals surface area contributed by atoms with E-state index in [2.05, 4.69) is 5.32 Å². The van der Waals surface area contributed by atoms with Gasteiger partial charge < -0.3 is 19.7 Å². The zero-order valence-corrected chi connectivity index (χ0v) is 18.0. The molecule has 5 nitrogen and oxygen atoms in total. The number of ether oxygens (including phenoxy) is 1. The van der Waals surface area contributed by atoms with Crippen molar-refractivity contribution in [1.82, 2.24) is 9.88 Å². The van der Waals surface area contributed by atoms with Crippen molar-refractivity contribution in [3.05, 3.63) is 69.1 Å². The first-order valence-electron chi connectivity index (χ1n) is 9.52. The summed E-state index contributed by atoms with van der Waals surface area (Å²) in [5, 5.41) is 13.7. The number of rotatable bonds is 5. The molecule has 0 radical (unpaired) electrons. The minimum Gasteiger partial charge on any atom is -0.396 e. The fourth-order valence-electron chi connectivity index (χ4n) is 3.78. The van der Waals surface area contributed by atoms with Gasteiger partial charge in [0, 0.05) is 36.0 Å². The number of carbonyl (C=O) groups is 1. The van der Waals surface area contributed by atoms with Crippen LogP contribution in [0.4, 0.5) is 4.39 Å². The van der Waals surface area contributed by atoms with Gasteiger partial charge in [-0.25, -0.2) is 4.39 Å². The first-order chi connectivity index (χ1) is 14.3. The van der Waals surface area contributed by atoms with Gasteiger partial charge in [-0.15, -0.1) is 0 Å². The molecule has 1 amide bonds. The zero-order valence-electron chi connectivity index (χ0n) is 16.5. The van der Waals surface area contributed by atoms with E-state index >= 15 is 0 Å². The number of nitrogens with one attached hydrogen (secondary N) is 1. The van der Waals surface area contributed by atoms with Gasteiger partial charge in [-0.2, -0.15) is 0 Å². The SMILES string of the molecule is CC(CO)c1ccc(C2(NC(=O)c3cc4c(Cl)c(Cl)ccc4n3C)COC2)c(F)c1. The normalized spacial score (nSPS) is 16.3. The van der Waals surface area contributed by atoms with Crippen LogP contribution in [0.25, 0.3) is 10.9 Å². The monoisotopic (exact) mass is 450 g/mol. The quantitative estimate of drug-likeness (QED) is 0.606. The van der Waals surface area contributed by atoms with Crippen LogP contribution in [0.1, 0.15) is 34.5 Å². The van der Waals surface area contributed by atoms with Crippen molar-refractivity contribution in [3.63, 3.8) is 0 Å². The number of benzene rings is 2. The molecular formula is C22H21Cl2FN2O3. The highest BCUT2D eigenvalue weighted by atomic mass is 35.5. The molecule has 1 aliphatic heterocycles. The van der Waals surface area contributed by atoms with E-state index in [1.165, 1.54) is 6.07 Å². The molecule has 1 saturated heterocycles. The number of aromatic nitrogens is 1. The Balaban J connectivity index is 1.68. The lowest BCUT2D eigenvalue weighted by Crippen LogP contribution is -2.60. The van der Waals surface area contributed by atoms with Crippen LogP contribution in [-0.4, -0.2) is 35.4 Å². The molecule has 1 fully saturated rings. The average molecular weight is 451 g/mol. The predicted molar refractivity (Wildman–Crippen MR) is 115 cm³/mol. The Labute approximate surface area is 183 Å². The van der Waals surface area contributed by atoms with Gasteiger partial charge in [0.1, 0.15) is 17.1 Å². The summed E-state index contributed by atoms with van der Waals surface area (Å²) >= 11 is 12.4. The Hall–Kier alpha value is -2.12. The summed E-state index contributed by atoms with van der Waals surface area (Å²) in [7, 11) is 1.76. The Bertz CT molecular complexity index is 1140. The van der Waals surface area contributed by atoms with Crippen LogP contribution in [0.5, 0.6) is 0 Å². The third-order valence-corrected chi connectivity index (χ3v) is 6.57. The number of halogens is 3. The molecule has 2 aromatic carbocycles. The smallest absolute Gasteiger partial charge is 0.268 e. The minimum absolute atomic E-state index is 0.0720. The lowest BCUT2D eigenvalue weighted by molar-refractivity contribution is -0.0750. The zero-order chi connectivity index (χ0) is 21.6. The van der Waals surface area contributed by atoms with Crippen molar-refractivity contribution in [1.29, 1.82) is 0 Å². The Morgan fingerprint density at radius 2 is 2.03 bits per heavy atom. The van der Waals surface area contributed by atoms with Crippen LogP contribution in [0, 0.1) is 5.82 Å². The first-order valence-corrected chi connectivity index (χ1v) is 10.3. The predicted octanol–water partition coefficient (Wildman–Crippen LogP) is 4.38. The maximum Gasteiger partial charge on any atom is 0.268 e. The molecule has 1 unspecified atom stereocenters. The Kier molecular flexibility index (Phi) is 5.53. The van der Waals surface area contributed by atoms with E-state index in [9.17, 15) is 14.3 Å². The molecule has 1 aliphatic rings. The topological polar surface area (TPSA) is 63.5 Å². The lowest BCUT2D eigenvalue weighted by Gasteiger charge is -2.42. The summed E-state index contributed by atoms with van der Waals surface area (Å²) in [6, 6.07) is 9.97. The molecule has 0 bridgehead atoms. The highest BCUT2D eigenvalue weighted by Gasteiger charge is 2.44. The van der Waals surface area contributed by atoms with Crippen LogP contribution in [0.3, 0.4) is 0 Å². The number of aliphatic hydroxyl groups excluding tert-OH is 1. The van der Waals surface area contributed by atoms with Gasteiger partial charge >= 0.3 is 0 Å². The van der Waals surface area contributed by atoms with Crippen molar-refractivity contribution in [2.75, 3.05) is 19.8 Å². The molecule has 0 saturated carbocycles. The second-order valence-corrected chi connectivity index (χ2v) is 8.52. The van der Waals surface area contributed by atoms with E-state index in [1.807, 2.05) is 6.92 Å². The van der Waals surface area contributed by atoms with Gasteiger partial charge in [0.15, 0.2) is 0 Å². The molecule has 1 atom stereocenters. The number of nitrogens with zero attached hydrogens (tertiary/aromatic N) is 1. The summed E-state index contributed by atoms with van der Waals surface area (Å²) in [6.07, 6.45) is 0. The molecule has 8 heteroatoms. The molecule has 0 aliphatic carbocycles. The fraction of sp³-hybridized carbons (Fsp3) is 0.318. The number of aliphatic hydroxyl groups is 1. The van der Waals surface area contributed by atoms with Crippen molar-refractivity contribution in [3.8, 4) is 0 Å². The second-order valence-electron chi connectivity index (χ2n) is 7.73. The van der Waals surface area contributed by atoms with E-state index in [1.54, 1.807) is 41.9 Å². The van der Waals surface area contributed by atoms with E-state index in [-0.39, 0.29) is 31.6 Å². The standard InChI is InChI=1S/C22H21Cl2FN2O3/c1-12(9-28)13-3-4-15(17(25)7-13)22(10-30-11-22)26-21(29)19-8-14-18(27(19)2)6-5-16(23)20(14)24/h3-8,12,28H,9-11H2,1-2H3,(H,26,29). The number of carbonyl (C=O) groups excluding carboxylic acids is 1. The highest BCUT2D eigenvalue weighted by molar-refractivity contribution is 6.45. The minimum atomic E-state index is -0.958. The molecular weight excluding hydrogens is 430 g/mol. The molecule has 1 aromatic heterocycles. The molecule has 0 spiro atoms. The number of hydrogen-bond acceptors (Lipinski definition) is 3. The van der Waals surface area contributed by atoms with Crippen molar-refractivity contribution in [2.45, 2.75) is 18.4 Å². The molecule has 30 heavy (non-hydrogen) atoms. The summed E-state index contributed by atoms with van der Waals surface area (Å²) in [4.78, 5) is 13.1. The van der Waals surface area contributed by atoms with Gasteiger partial charge in [0.2, 0.25) is 0 Å². The third-order valence-electron chi connectivity index (χ3n) is 5.75. The van der Waals surface area contributed by atoms with Crippen LogP contribution in [0.2, 0.25) is 10.0 Å². The highest BCUT2D eigenvalue weighted by Crippen LogP contribution is 2.35. The van der Waals surface area contributed by atoms with Gasteiger partial charge in [-0.3, -0.25) is 4.79 Å². The van der Waals surface area contributed by atoms with Crippen LogP contribution in [0.15, 0.2) is 36.4 Å². The molecule has 2 heterocycles. The Morgan fingerprint density at radius 1 is 1.30 bits per heavy atom. The van der Waals surface area contributed by atoms with E-state index in [0.29, 0.717) is 32.3 Å². The third kappa shape index (κ3) is 3.38. The molecule has 3 aromatic rings. The number of hydrogen-bond donors (Lipinski definition) is 2. The van der Waals surface area contributed by atoms with Crippen molar-refractivity contribution < 1.29 is 19.0 Å².